The van der Waals surface area contributed by atoms with Crippen LogP contribution in [0.4, 0.5) is 0 Å². The minimum absolute atomic E-state index is 0.0740. The van der Waals surface area contributed by atoms with Crippen molar-refractivity contribution >= 4 is 13.3 Å². The van der Waals surface area contributed by atoms with Crippen molar-refractivity contribution in [1.29, 1.82) is 0 Å². The van der Waals surface area contributed by atoms with E-state index in [9.17, 15) is 0 Å². The largest absolute Gasteiger partial charge is 0.491 e. The van der Waals surface area contributed by atoms with Crippen LogP contribution in [0.3, 0.4) is 0 Å². The first-order chi connectivity index (χ1) is 8.56. The van der Waals surface area contributed by atoms with Gasteiger partial charge in [-0.2, -0.15) is 0 Å². The van der Waals surface area contributed by atoms with Crippen molar-refractivity contribution in [2.45, 2.75) is 39.1 Å². The zero-order valence-electron chi connectivity index (χ0n) is 11.6. The van der Waals surface area contributed by atoms with E-state index in [2.05, 4.69) is 26.9 Å². The summed E-state index contributed by atoms with van der Waals surface area (Å²) in [6, 6.07) is 6.17. The van der Waals surface area contributed by atoms with Crippen LogP contribution in [0, 0.1) is 0 Å². The molecule has 0 radical (unpaired) electrons. The van der Waals surface area contributed by atoms with Crippen LogP contribution in [-0.2, 0) is 9.47 Å². The molecule has 0 saturated carbocycles. The fraction of sp³-hybridized carbons (Fsp3) is 0.571. The van der Waals surface area contributed by atoms with Gasteiger partial charge in [-0.1, -0.05) is 11.5 Å². The molecular weight excluding hydrogens is 227 g/mol. The summed E-state index contributed by atoms with van der Waals surface area (Å²) in [6.45, 7) is 7.65. The molecule has 0 amide bonds. The van der Waals surface area contributed by atoms with Crippen LogP contribution < -0.4 is 10.2 Å². The SMILES string of the molecule is Bc1ccc(OC(C)C)cc1[C@@H](C)OC[C@H]1CO1. The minimum Gasteiger partial charge on any atom is -0.491 e. The lowest BCUT2D eigenvalue weighted by molar-refractivity contribution is 0.0543. The van der Waals surface area contributed by atoms with Crippen LogP contribution in [0.1, 0.15) is 32.4 Å². The zero-order valence-corrected chi connectivity index (χ0v) is 11.6. The van der Waals surface area contributed by atoms with E-state index in [1.54, 1.807) is 0 Å². The highest BCUT2D eigenvalue weighted by molar-refractivity contribution is 6.33. The van der Waals surface area contributed by atoms with Crippen LogP contribution in [0.15, 0.2) is 18.2 Å². The lowest BCUT2D eigenvalue weighted by atomic mass is 9.88. The van der Waals surface area contributed by atoms with Gasteiger partial charge in [-0.05, 0) is 38.5 Å². The molecule has 2 rings (SSSR count). The van der Waals surface area contributed by atoms with Crippen molar-refractivity contribution in [3.05, 3.63) is 23.8 Å². The summed E-state index contributed by atoms with van der Waals surface area (Å²) in [5.74, 6) is 0.906. The Morgan fingerprint density at radius 1 is 1.39 bits per heavy atom. The number of ether oxygens (including phenoxy) is 3. The van der Waals surface area contributed by atoms with E-state index in [1.807, 2.05) is 19.9 Å². The van der Waals surface area contributed by atoms with Crippen LogP contribution in [0.25, 0.3) is 0 Å². The predicted octanol–water partition coefficient (Wildman–Crippen LogP) is 1.21. The van der Waals surface area contributed by atoms with Crippen molar-refractivity contribution < 1.29 is 14.2 Å². The second kappa shape index (κ2) is 5.76. The van der Waals surface area contributed by atoms with Gasteiger partial charge in [0, 0.05) is 0 Å². The van der Waals surface area contributed by atoms with Crippen molar-refractivity contribution in [3.63, 3.8) is 0 Å². The molecule has 0 N–H and O–H groups in total. The van der Waals surface area contributed by atoms with E-state index in [4.69, 9.17) is 14.2 Å². The summed E-state index contributed by atoms with van der Waals surface area (Å²) < 4.78 is 16.7. The standard InChI is InChI=1S/C14H21BO3/c1-9(2)18-11-4-5-14(15)13(6-11)10(3)16-7-12-8-17-12/h4-6,9-10,12H,7-8,15H2,1-3H3/t10-,12+/m1/s1. The van der Waals surface area contributed by atoms with Crippen molar-refractivity contribution in [2.75, 3.05) is 13.2 Å². The number of epoxide rings is 1. The summed E-state index contributed by atoms with van der Waals surface area (Å²) >= 11 is 0. The number of rotatable bonds is 6. The smallest absolute Gasteiger partial charge is 0.139 e. The van der Waals surface area contributed by atoms with Crippen molar-refractivity contribution in [1.82, 2.24) is 0 Å². The van der Waals surface area contributed by atoms with Gasteiger partial charge in [0.05, 0.1) is 25.4 Å². The number of hydrogen-bond donors (Lipinski definition) is 0. The molecule has 0 aliphatic carbocycles. The van der Waals surface area contributed by atoms with Crippen LogP contribution >= 0.6 is 0 Å². The van der Waals surface area contributed by atoms with E-state index in [0.717, 1.165) is 12.4 Å². The molecule has 1 saturated heterocycles. The molecule has 0 bridgehead atoms. The first-order valence-electron chi connectivity index (χ1n) is 6.56. The fourth-order valence-corrected chi connectivity index (χ4v) is 1.91. The highest BCUT2D eigenvalue weighted by Gasteiger charge is 2.24. The molecule has 4 heteroatoms. The van der Waals surface area contributed by atoms with Crippen molar-refractivity contribution in [2.24, 2.45) is 0 Å². The van der Waals surface area contributed by atoms with Gasteiger partial charge in [0.15, 0.2) is 0 Å². The maximum atomic E-state index is 5.81. The van der Waals surface area contributed by atoms with E-state index < -0.39 is 0 Å². The Kier molecular flexibility index (Phi) is 4.30. The van der Waals surface area contributed by atoms with E-state index in [0.29, 0.717) is 12.7 Å². The molecule has 0 spiro atoms. The van der Waals surface area contributed by atoms with Crippen LogP contribution in [-0.4, -0.2) is 33.3 Å². The lowest BCUT2D eigenvalue weighted by Crippen LogP contribution is -2.17. The third-order valence-electron chi connectivity index (χ3n) is 2.99. The Bertz CT molecular complexity index is 402. The molecule has 1 aliphatic heterocycles. The third-order valence-corrected chi connectivity index (χ3v) is 2.99. The van der Waals surface area contributed by atoms with Gasteiger partial charge in [0.25, 0.3) is 0 Å². The molecule has 1 aromatic rings. The molecule has 98 valence electrons. The van der Waals surface area contributed by atoms with Gasteiger partial charge in [-0.15, -0.1) is 0 Å². The van der Waals surface area contributed by atoms with E-state index in [1.165, 1.54) is 11.0 Å². The Labute approximate surface area is 110 Å². The lowest BCUT2D eigenvalue weighted by Gasteiger charge is -2.18. The topological polar surface area (TPSA) is 31.0 Å². The quantitative estimate of drug-likeness (QED) is 0.560. The molecular formula is C14H21BO3. The predicted molar refractivity (Wildman–Crippen MR) is 74.5 cm³/mol. The molecule has 1 aromatic carbocycles. The highest BCUT2D eigenvalue weighted by Crippen LogP contribution is 2.22. The average Bonchev–Trinajstić information content (AvgIpc) is 3.12. The summed E-state index contributed by atoms with van der Waals surface area (Å²) in [6.07, 6.45) is 0.574. The number of benzene rings is 1. The second-order valence-electron chi connectivity index (χ2n) is 5.12. The fourth-order valence-electron chi connectivity index (χ4n) is 1.91. The minimum atomic E-state index is 0.0740. The normalized spacial score (nSPS) is 19.9. The monoisotopic (exact) mass is 248 g/mol. The van der Waals surface area contributed by atoms with E-state index >= 15 is 0 Å². The number of hydrogen-bond acceptors (Lipinski definition) is 3. The molecule has 1 fully saturated rings. The van der Waals surface area contributed by atoms with Gasteiger partial charge < -0.3 is 14.2 Å². The van der Waals surface area contributed by atoms with Gasteiger partial charge in [0.2, 0.25) is 0 Å². The third kappa shape index (κ3) is 3.75. The van der Waals surface area contributed by atoms with Gasteiger partial charge in [-0.3, -0.25) is 0 Å². The van der Waals surface area contributed by atoms with Gasteiger partial charge in [0.1, 0.15) is 19.7 Å². The molecule has 18 heavy (non-hydrogen) atoms. The summed E-state index contributed by atoms with van der Waals surface area (Å²) in [5, 5.41) is 0. The Balaban J connectivity index is 2.03. The average molecular weight is 248 g/mol. The molecule has 3 nitrogen and oxygen atoms in total. The summed E-state index contributed by atoms with van der Waals surface area (Å²) in [7, 11) is 2.10. The molecule has 2 atom stereocenters. The second-order valence-corrected chi connectivity index (χ2v) is 5.12. The van der Waals surface area contributed by atoms with Crippen LogP contribution in [0.2, 0.25) is 0 Å². The molecule has 0 aromatic heterocycles. The highest BCUT2D eigenvalue weighted by atomic mass is 16.6. The summed E-state index contributed by atoms with van der Waals surface area (Å²) in [4.78, 5) is 0. The Morgan fingerprint density at radius 2 is 2.11 bits per heavy atom. The summed E-state index contributed by atoms with van der Waals surface area (Å²) in [5.41, 5.74) is 2.42. The van der Waals surface area contributed by atoms with Crippen LogP contribution in [0.5, 0.6) is 5.75 Å². The van der Waals surface area contributed by atoms with Crippen molar-refractivity contribution in [3.8, 4) is 5.75 Å². The Morgan fingerprint density at radius 3 is 2.72 bits per heavy atom. The maximum Gasteiger partial charge on any atom is 0.139 e. The first-order valence-corrected chi connectivity index (χ1v) is 6.56. The van der Waals surface area contributed by atoms with E-state index in [-0.39, 0.29) is 12.2 Å². The zero-order chi connectivity index (χ0) is 13.1. The molecule has 1 heterocycles. The maximum absolute atomic E-state index is 5.81. The molecule has 0 unspecified atom stereocenters. The van der Waals surface area contributed by atoms with Gasteiger partial charge in [-0.25, -0.2) is 0 Å². The van der Waals surface area contributed by atoms with Gasteiger partial charge >= 0.3 is 0 Å². The Hall–Kier alpha value is -0.995. The first kappa shape index (κ1) is 13.4. The molecule has 1 aliphatic rings.